The number of hydrogen-bond donors (Lipinski definition) is 1. The third kappa shape index (κ3) is 4.65. The summed E-state index contributed by atoms with van der Waals surface area (Å²) in [6.45, 7) is 0. The number of hydrogen-bond acceptors (Lipinski definition) is 7. The Morgan fingerprint density at radius 3 is 2.46 bits per heavy atom. The van der Waals surface area contributed by atoms with E-state index in [1.54, 1.807) is 49.6 Å². The van der Waals surface area contributed by atoms with E-state index in [0.717, 1.165) is 5.56 Å². The monoisotopic (exact) mass is 527 g/mol. The van der Waals surface area contributed by atoms with Gasteiger partial charge in [0.15, 0.2) is 11.5 Å². The number of amides is 1. The molecule has 144 valence electrons. The number of halogens is 1. The maximum atomic E-state index is 12.5. The summed E-state index contributed by atoms with van der Waals surface area (Å²) in [6.07, 6.45) is 1.71. The van der Waals surface area contributed by atoms with Crippen molar-refractivity contribution in [2.45, 2.75) is 0 Å². The van der Waals surface area contributed by atoms with Crippen LogP contribution in [0.5, 0.6) is 17.2 Å². The van der Waals surface area contributed by atoms with Crippen LogP contribution in [0.25, 0.3) is 6.08 Å². The fourth-order valence-corrected chi connectivity index (χ4v) is 4.15. The van der Waals surface area contributed by atoms with E-state index in [-0.39, 0.29) is 5.91 Å². The normalized spacial score (nSPS) is 14.8. The van der Waals surface area contributed by atoms with Gasteiger partial charge in [0, 0.05) is 0 Å². The predicted octanol–water partition coefficient (Wildman–Crippen LogP) is 4.02. The number of thioether (sulfide) groups is 1. The fourth-order valence-electron chi connectivity index (χ4n) is 2.37. The van der Waals surface area contributed by atoms with Gasteiger partial charge in [-0.15, -0.1) is 0 Å². The average molecular weight is 527 g/mol. The van der Waals surface area contributed by atoms with E-state index in [9.17, 15) is 9.59 Å². The molecule has 2 aromatic carbocycles. The summed E-state index contributed by atoms with van der Waals surface area (Å²) >= 11 is 8.24. The van der Waals surface area contributed by atoms with E-state index in [1.165, 1.54) is 18.9 Å². The van der Waals surface area contributed by atoms with E-state index in [1.807, 2.05) is 0 Å². The Balaban J connectivity index is 1.87. The SMILES string of the molecule is COc1ccc(C(=O)Oc2c(I)cc(C=C3SC(=S)NC3=O)cc2OC)cc1. The first-order chi connectivity index (χ1) is 13.4. The Bertz CT molecular complexity index is 989. The molecule has 1 aliphatic heterocycles. The molecule has 9 heteroatoms. The molecule has 0 radical (unpaired) electrons. The van der Waals surface area contributed by atoms with Gasteiger partial charge in [-0.05, 0) is 70.6 Å². The third-order valence-electron chi connectivity index (χ3n) is 3.71. The Morgan fingerprint density at radius 1 is 1.18 bits per heavy atom. The van der Waals surface area contributed by atoms with Crippen molar-refractivity contribution in [3.8, 4) is 17.2 Å². The Morgan fingerprint density at radius 2 is 1.89 bits per heavy atom. The number of carbonyl (C=O) groups is 2. The molecular formula is C19H14INO5S2. The van der Waals surface area contributed by atoms with E-state index in [0.29, 0.717) is 35.6 Å². The summed E-state index contributed by atoms with van der Waals surface area (Å²) in [4.78, 5) is 24.8. The van der Waals surface area contributed by atoms with Crippen molar-refractivity contribution in [1.29, 1.82) is 0 Å². The van der Waals surface area contributed by atoms with Crippen LogP contribution < -0.4 is 19.5 Å². The number of benzene rings is 2. The highest BCUT2D eigenvalue weighted by molar-refractivity contribution is 14.1. The van der Waals surface area contributed by atoms with E-state index >= 15 is 0 Å². The molecule has 0 aromatic heterocycles. The molecule has 1 amide bonds. The van der Waals surface area contributed by atoms with Gasteiger partial charge in [0.25, 0.3) is 5.91 Å². The van der Waals surface area contributed by atoms with Crippen molar-refractivity contribution in [3.05, 3.63) is 56.0 Å². The second-order valence-electron chi connectivity index (χ2n) is 5.50. The Hall–Kier alpha value is -2.11. The summed E-state index contributed by atoms with van der Waals surface area (Å²) in [5.41, 5.74) is 1.12. The highest BCUT2D eigenvalue weighted by Crippen LogP contribution is 2.36. The minimum atomic E-state index is -0.513. The lowest BCUT2D eigenvalue weighted by Gasteiger charge is -2.12. The van der Waals surface area contributed by atoms with Gasteiger partial charge in [-0.1, -0.05) is 24.0 Å². The second kappa shape index (κ2) is 8.93. The quantitative estimate of drug-likeness (QED) is 0.207. The molecule has 1 heterocycles. The molecule has 0 saturated carbocycles. The second-order valence-corrected chi connectivity index (χ2v) is 8.39. The summed E-state index contributed by atoms with van der Waals surface area (Å²) in [5, 5.41) is 2.57. The number of rotatable bonds is 5. The minimum absolute atomic E-state index is 0.237. The van der Waals surface area contributed by atoms with Crippen molar-refractivity contribution in [3.63, 3.8) is 0 Å². The molecular weight excluding hydrogens is 513 g/mol. The molecule has 1 N–H and O–H groups in total. The molecule has 3 rings (SSSR count). The van der Waals surface area contributed by atoms with E-state index < -0.39 is 5.97 Å². The van der Waals surface area contributed by atoms with Crippen molar-refractivity contribution in [2.75, 3.05) is 14.2 Å². The maximum absolute atomic E-state index is 12.5. The molecule has 0 bridgehead atoms. The highest BCUT2D eigenvalue weighted by atomic mass is 127. The van der Waals surface area contributed by atoms with E-state index in [4.69, 9.17) is 26.4 Å². The number of nitrogens with one attached hydrogen (secondary N) is 1. The van der Waals surface area contributed by atoms with Gasteiger partial charge in [-0.25, -0.2) is 4.79 Å². The Labute approximate surface area is 184 Å². The smallest absolute Gasteiger partial charge is 0.343 e. The fraction of sp³-hybridized carbons (Fsp3) is 0.105. The first kappa shape index (κ1) is 20.6. The van der Waals surface area contributed by atoms with Gasteiger partial charge in [-0.2, -0.15) is 0 Å². The zero-order valence-electron chi connectivity index (χ0n) is 14.8. The number of ether oxygens (including phenoxy) is 3. The molecule has 0 aliphatic carbocycles. The molecule has 1 saturated heterocycles. The maximum Gasteiger partial charge on any atom is 0.343 e. The number of methoxy groups -OCH3 is 2. The third-order valence-corrected chi connectivity index (χ3v) is 5.68. The van der Waals surface area contributed by atoms with Crippen molar-refractivity contribution in [1.82, 2.24) is 5.32 Å². The van der Waals surface area contributed by atoms with Crippen LogP contribution in [0.2, 0.25) is 0 Å². The summed E-state index contributed by atoms with van der Waals surface area (Å²) in [7, 11) is 3.04. The van der Waals surface area contributed by atoms with E-state index in [2.05, 4.69) is 27.9 Å². The van der Waals surface area contributed by atoms with Crippen LogP contribution >= 0.6 is 46.6 Å². The number of esters is 1. The average Bonchev–Trinajstić information content (AvgIpc) is 3.00. The molecule has 1 aliphatic rings. The van der Waals surface area contributed by atoms with Crippen LogP contribution in [-0.4, -0.2) is 30.4 Å². The lowest BCUT2D eigenvalue weighted by molar-refractivity contribution is -0.115. The molecule has 6 nitrogen and oxygen atoms in total. The Kier molecular flexibility index (Phi) is 6.57. The van der Waals surface area contributed by atoms with Crippen LogP contribution in [0, 0.1) is 3.57 Å². The summed E-state index contributed by atoms with van der Waals surface area (Å²) < 4.78 is 17.1. The van der Waals surface area contributed by atoms with Gasteiger partial charge in [0.1, 0.15) is 10.1 Å². The van der Waals surface area contributed by atoms with Crippen LogP contribution in [-0.2, 0) is 4.79 Å². The zero-order chi connectivity index (χ0) is 20.3. The largest absolute Gasteiger partial charge is 0.497 e. The summed E-state index contributed by atoms with van der Waals surface area (Å²) in [5.74, 6) is 0.589. The van der Waals surface area contributed by atoms with Crippen LogP contribution in [0.3, 0.4) is 0 Å². The molecule has 0 atom stereocenters. The molecule has 28 heavy (non-hydrogen) atoms. The van der Waals surface area contributed by atoms with Gasteiger partial charge >= 0.3 is 5.97 Å². The van der Waals surface area contributed by atoms with Crippen LogP contribution in [0.1, 0.15) is 15.9 Å². The van der Waals surface area contributed by atoms with Crippen molar-refractivity contribution >= 4 is 68.8 Å². The summed E-state index contributed by atoms with van der Waals surface area (Å²) in [6, 6.07) is 10.1. The van der Waals surface area contributed by atoms with Gasteiger partial charge in [0.2, 0.25) is 0 Å². The predicted molar refractivity (Wildman–Crippen MR) is 120 cm³/mol. The van der Waals surface area contributed by atoms with Crippen molar-refractivity contribution < 1.29 is 23.8 Å². The van der Waals surface area contributed by atoms with Crippen LogP contribution in [0.4, 0.5) is 0 Å². The highest BCUT2D eigenvalue weighted by Gasteiger charge is 2.23. The lowest BCUT2D eigenvalue weighted by Crippen LogP contribution is -2.17. The first-order valence-corrected chi connectivity index (χ1v) is 10.2. The van der Waals surface area contributed by atoms with Gasteiger partial charge in [0.05, 0.1) is 28.3 Å². The van der Waals surface area contributed by atoms with Gasteiger partial charge < -0.3 is 19.5 Å². The standard InChI is InChI=1S/C19H14INO5S2/c1-24-12-5-3-11(4-6-12)18(23)26-16-13(20)7-10(8-14(16)25-2)9-15-17(22)21-19(27)28-15/h3-9H,1-2H3,(H,21,22,27). The topological polar surface area (TPSA) is 73.9 Å². The first-order valence-electron chi connectivity index (χ1n) is 7.90. The zero-order valence-corrected chi connectivity index (χ0v) is 18.6. The number of carbonyl (C=O) groups excluding carboxylic acids is 2. The van der Waals surface area contributed by atoms with Crippen LogP contribution in [0.15, 0.2) is 41.3 Å². The number of thiocarbonyl (C=S) groups is 1. The van der Waals surface area contributed by atoms with Gasteiger partial charge in [-0.3, -0.25) is 4.79 Å². The molecule has 0 spiro atoms. The molecule has 2 aromatic rings. The minimum Gasteiger partial charge on any atom is -0.497 e. The van der Waals surface area contributed by atoms with Crippen molar-refractivity contribution in [2.24, 2.45) is 0 Å². The molecule has 1 fully saturated rings. The lowest BCUT2D eigenvalue weighted by atomic mass is 10.1. The molecule has 0 unspecified atom stereocenters.